The van der Waals surface area contributed by atoms with E-state index in [1.54, 1.807) is 54.6 Å². The van der Waals surface area contributed by atoms with Crippen molar-refractivity contribution in [2.45, 2.75) is 0 Å². The normalized spacial score (nSPS) is 10.8. The molecule has 0 atom stereocenters. The predicted molar refractivity (Wildman–Crippen MR) is 137 cm³/mol. The number of aromatic nitrogens is 1. The summed E-state index contributed by atoms with van der Waals surface area (Å²) >= 11 is 3.33. The largest absolute Gasteiger partial charge is 0.329 e. The SMILES string of the molecule is O=C(N/N=C\c1cc2ccccc2[nH]c1=O)C(=O)Nc1ccccc1C(=O)Nc1ccc(Br)cc1. The molecule has 0 radical (unpaired) electrons. The Labute approximate surface area is 207 Å². The summed E-state index contributed by atoms with van der Waals surface area (Å²) in [5.41, 5.74) is 3.45. The highest BCUT2D eigenvalue weighted by atomic mass is 79.9. The summed E-state index contributed by atoms with van der Waals surface area (Å²) in [5, 5.41) is 9.63. The second-order valence-electron chi connectivity index (χ2n) is 7.30. The molecule has 1 aromatic heterocycles. The summed E-state index contributed by atoms with van der Waals surface area (Å²) in [6, 6.07) is 22.1. The Morgan fingerprint density at radius 1 is 0.857 bits per heavy atom. The first kappa shape index (κ1) is 23.6. The van der Waals surface area contributed by atoms with E-state index in [4.69, 9.17) is 0 Å². The predicted octanol–water partition coefficient (Wildman–Crippen LogP) is 3.63. The van der Waals surface area contributed by atoms with E-state index in [0.29, 0.717) is 11.2 Å². The van der Waals surface area contributed by atoms with Crippen molar-refractivity contribution >= 4 is 62.1 Å². The van der Waals surface area contributed by atoms with Gasteiger partial charge in [-0.2, -0.15) is 5.10 Å². The lowest BCUT2D eigenvalue weighted by Crippen LogP contribution is -2.33. The molecule has 35 heavy (non-hydrogen) atoms. The van der Waals surface area contributed by atoms with Crippen LogP contribution in [0.5, 0.6) is 0 Å². The number of amides is 3. The molecule has 10 heteroatoms. The number of aromatic amines is 1. The van der Waals surface area contributed by atoms with Crippen LogP contribution in [0.25, 0.3) is 10.9 Å². The maximum atomic E-state index is 12.7. The highest BCUT2D eigenvalue weighted by Gasteiger charge is 2.18. The van der Waals surface area contributed by atoms with Crippen LogP contribution in [0.2, 0.25) is 0 Å². The van der Waals surface area contributed by atoms with Gasteiger partial charge in [-0.05, 0) is 53.9 Å². The molecule has 3 amide bonds. The van der Waals surface area contributed by atoms with Gasteiger partial charge in [0.05, 0.1) is 23.0 Å². The first-order valence-corrected chi connectivity index (χ1v) is 11.1. The van der Waals surface area contributed by atoms with Crippen LogP contribution in [-0.2, 0) is 9.59 Å². The van der Waals surface area contributed by atoms with E-state index in [1.807, 2.05) is 12.1 Å². The molecule has 0 bridgehead atoms. The maximum absolute atomic E-state index is 12.7. The molecule has 0 spiro atoms. The molecule has 0 saturated heterocycles. The molecule has 174 valence electrons. The highest BCUT2D eigenvalue weighted by molar-refractivity contribution is 9.10. The Morgan fingerprint density at radius 2 is 1.57 bits per heavy atom. The molecule has 0 aliphatic carbocycles. The van der Waals surface area contributed by atoms with Gasteiger partial charge in [-0.25, -0.2) is 5.43 Å². The van der Waals surface area contributed by atoms with Crippen molar-refractivity contribution in [3.8, 4) is 0 Å². The van der Waals surface area contributed by atoms with Crippen molar-refractivity contribution in [2.75, 3.05) is 10.6 Å². The minimum Gasteiger partial charge on any atom is -0.322 e. The number of benzene rings is 3. The van der Waals surface area contributed by atoms with Crippen LogP contribution >= 0.6 is 15.9 Å². The topological polar surface area (TPSA) is 133 Å². The fraction of sp³-hybridized carbons (Fsp3) is 0. The van der Waals surface area contributed by atoms with Gasteiger partial charge in [-0.1, -0.05) is 46.3 Å². The van der Waals surface area contributed by atoms with E-state index >= 15 is 0 Å². The van der Waals surface area contributed by atoms with E-state index in [1.165, 1.54) is 12.1 Å². The molecule has 0 saturated carbocycles. The zero-order valence-electron chi connectivity index (χ0n) is 18.0. The van der Waals surface area contributed by atoms with Crippen LogP contribution in [0.1, 0.15) is 15.9 Å². The fourth-order valence-corrected chi connectivity index (χ4v) is 3.44. The molecule has 4 rings (SSSR count). The van der Waals surface area contributed by atoms with Gasteiger partial charge < -0.3 is 15.6 Å². The molecule has 0 aliphatic rings. The summed E-state index contributed by atoms with van der Waals surface area (Å²) < 4.78 is 0.863. The summed E-state index contributed by atoms with van der Waals surface area (Å²) in [6.45, 7) is 0. The number of anilines is 2. The van der Waals surface area contributed by atoms with Crippen LogP contribution in [0.15, 0.2) is 93.2 Å². The summed E-state index contributed by atoms with van der Waals surface area (Å²) in [7, 11) is 0. The number of nitrogens with one attached hydrogen (secondary N) is 4. The summed E-state index contributed by atoms with van der Waals surface area (Å²) in [5.74, 6) is -2.56. The van der Waals surface area contributed by atoms with E-state index < -0.39 is 23.3 Å². The van der Waals surface area contributed by atoms with Gasteiger partial charge in [0.1, 0.15) is 0 Å². The number of H-pyrrole nitrogens is 1. The Bertz CT molecular complexity index is 1510. The minimum atomic E-state index is -1.07. The first-order chi connectivity index (χ1) is 16.9. The van der Waals surface area contributed by atoms with Gasteiger partial charge in [-0.3, -0.25) is 19.2 Å². The molecule has 1 heterocycles. The summed E-state index contributed by atoms with van der Waals surface area (Å²) in [6.07, 6.45) is 1.15. The summed E-state index contributed by atoms with van der Waals surface area (Å²) in [4.78, 5) is 52.1. The van der Waals surface area contributed by atoms with Crippen molar-refractivity contribution in [2.24, 2.45) is 5.10 Å². The molecule has 0 unspecified atom stereocenters. The third kappa shape index (κ3) is 5.87. The van der Waals surface area contributed by atoms with Gasteiger partial charge in [0.15, 0.2) is 0 Å². The van der Waals surface area contributed by atoms with Crippen molar-refractivity contribution < 1.29 is 14.4 Å². The van der Waals surface area contributed by atoms with Crippen molar-refractivity contribution in [1.82, 2.24) is 10.4 Å². The van der Waals surface area contributed by atoms with Gasteiger partial charge in [0.2, 0.25) is 0 Å². The molecule has 4 aromatic rings. The number of carbonyl (C=O) groups is 3. The van der Waals surface area contributed by atoms with Crippen LogP contribution in [0, 0.1) is 0 Å². The van der Waals surface area contributed by atoms with Gasteiger partial charge in [0.25, 0.3) is 11.5 Å². The number of rotatable bonds is 5. The molecule has 3 aromatic carbocycles. The zero-order chi connectivity index (χ0) is 24.8. The smallest absolute Gasteiger partial charge is 0.322 e. The molecular weight excluding hydrogens is 514 g/mol. The average molecular weight is 532 g/mol. The van der Waals surface area contributed by atoms with Gasteiger partial charge in [0, 0.05) is 15.7 Å². The second kappa shape index (κ2) is 10.6. The fourth-order valence-electron chi connectivity index (χ4n) is 3.17. The van der Waals surface area contributed by atoms with E-state index in [-0.39, 0.29) is 16.8 Å². The number of hydrogen-bond acceptors (Lipinski definition) is 5. The minimum absolute atomic E-state index is 0.150. The lowest BCUT2D eigenvalue weighted by Gasteiger charge is -2.11. The number of hydrogen-bond donors (Lipinski definition) is 4. The average Bonchev–Trinajstić information content (AvgIpc) is 2.86. The van der Waals surface area contributed by atoms with Gasteiger partial charge >= 0.3 is 11.8 Å². The number of para-hydroxylation sites is 2. The van der Waals surface area contributed by atoms with Crippen LogP contribution in [-0.4, -0.2) is 28.9 Å². The second-order valence-corrected chi connectivity index (χ2v) is 8.22. The van der Waals surface area contributed by atoms with Crippen molar-refractivity contribution in [1.29, 1.82) is 0 Å². The lowest BCUT2D eigenvalue weighted by molar-refractivity contribution is -0.136. The van der Waals surface area contributed by atoms with E-state index in [2.05, 4.69) is 42.1 Å². The number of nitrogens with zero attached hydrogens (tertiary/aromatic N) is 1. The lowest BCUT2D eigenvalue weighted by atomic mass is 10.1. The number of hydrazone groups is 1. The number of pyridine rings is 1. The van der Waals surface area contributed by atoms with Crippen LogP contribution < -0.4 is 21.6 Å². The zero-order valence-corrected chi connectivity index (χ0v) is 19.6. The Hall–Kier alpha value is -4.57. The van der Waals surface area contributed by atoms with Gasteiger partial charge in [-0.15, -0.1) is 0 Å². The Morgan fingerprint density at radius 3 is 2.37 bits per heavy atom. The van der Waals surface area contributed by atoms with E-state index in [9.17, 15) is 19.2 Å². The van der Waals surface area contributed by atoms with Crippen LogP contribution in [0.3, 0.4) is 0 Å². The van der Waals surface area contributed by atoms with Crippen molar-refractivity contribution in [3.05, 3.63) is 105 Å². The Balaban J connectivity index is 1.41. The number of fused-ring (bicyclic) bond motifs is 1. The first-order valence-electron chi connectivity index (χ1n) is 10.3. The molecule has 0 fully saturated rings. The van der Waals surface area contributed by atoms with E-state index in [0.717, 1.165) is 16.1 Å². The monoisotopic (exact) mass is 531 g/mol. The maximum Gasteiger partial charge on any atom is 0.329 e. The molecule has 4 N–H and O–H groups in total. The molecular formula is C25H18BrN5O4. The highest BCUT2D eigenvalue weighted by Crippen LogP contribution is 2.19. The standard InChI is InChI=1S/C25H18BrN5O4/c26-17-9-11-18(12-10-17)28-23(33)19-6-2-4-8-21(19)30-24(34)25(35)31-27-14-16-13-15-5-1-3-7-20(15)29-22(16)32/h1-14H,(H,28,33)(H,29,32)(H,30,34)(H,31,35)/b27-14-. The molecule has 0 aliphatic heterocycles. The molecule has 9 nitrogen and oxygen atoms in total. The Kier molecular flexibility index (Phi) is 7.12. The van der Waals surface area contributed by atoms with Crippen LogP contribution in [0.4, 0.5) is 11.4 Å². The third-order valence-electron chi connectivity index (χ3n) is 4.88. The van der Waals surface area contributed by atoms with Crippen molar-refractivity contribution in [3.63, 3.8) is 0 Å². The third-order valence-corrected chi connectivity index (χ3v) is 5.41. The number of carbonyl (C=O) groups excluding carboxylic acids is 3. The quantitative estimate of drug-likeness (QED) is 0.178. The number of halogens is 1.